The number of carbonyl (C=O) groups is 1. The summed E-state index contributed by atoms with van der Waals surface area (Å²) in [6.45, 7) is -0.565. The Bertz CT molecular complexity index is 1480. The summed E-state index contributed by atoms with van der Waals surface area (Å²) in [5, 5.41) is 14.2. The largest absolute Gasteiger partial charge is 0.325 e. The number of benzene rings is 4. The predicted octanol–water partition coefficient (Wildman–Crippen LogP) is 5.72. The number of sulfonamides is 1. The quantitative estimate of drug-likeness (QED) is 0.159. The molecule has 0 aliphatic rings. The van der Waals surface area contributed by atoms with Gasteiger partial charge >= 0.3 is 0 Å². The first kappa shape index (κ1) is 25.9. The summed E-state index contributed by atoms with van der Waals surface area (Å²) >= 11 is 1.69. The molecule has 4 aromatic rings. The van der Waals surface area contributed by atoms with E-state index in [1.165, 1.54) is 24.3 Å². The van der Waals surface area contributed by atoms with Crippen LogP contribution in [0.3, 0.4) is 0 Å². The minimum Gasteiger partial charge on any atom is -0.325 e. The number of hydrogen-bond acceptors (Lipinski definition) is 6. The molecule has 10 heteroatoms. The Balaban J connectivity index is 1.51. The lowest BCUT2D eigenvalue weighted by atomic mass is 10.2. The fourth-order valence-corrected chi connectivity index (χ4v) is 6.01. The Hall–Kier alpha value is -4.15. The number of nitrogens with zero attached hydrogens (tertiary/aromatic N) is 2. The van der Waals surface area contributed by atoms with Gasteiger partial charge < -0.3 is 5.32 Å². The third-order valence-electron chi connectivity index (χ3n) is 5.35. The van der Waals surface area contributed by atoms with Gasteiger partial charge in [-0.3, -0.25) is 19.2 Å². The molecule has 0 fully saturated rings. The van der Waals surface area contributed by atoms with Gasteiger partial charge in [0.25, 0.3) is 15.7 Å². The van der Waals surface area contributed by atoms with Gasteiger partial charge in [-0.2, -0.15) is 0 Å². The summed E-state index contributed by atoms with van der Waals surface area (Å²) in [4.78, 5) is 24.3. The first-order valence-corrected chi connectivity index (χ1v) is 13.6. The van der Waals surface area contributed by atoms with Crippen LogP contribution in [-0.4, -0.2) is 25.8 Å². The molecule has 0 aliphatic heterocycles. The number of amides is 1. The number of anilines is 2. The summed E-state index contributed by atoms with van der Waals surface area (Å²) < 4.78 is 27.9. The first-order valence-electron chi connectivity index (χ1n) is 11.2. The van der Waals surface area contributed by atoms with Crippen molar-refractivity contribution in [3.8, 4) is 0 Å². The van der Waals surface area contributed by atoms with E-state index >= 15 is 0 Å². The van der Waals surface area contributed by atoms with Crippen LogP contribution in [0.25, 0.3) is 0 Å². The summed E-state index contributed by atoms with van der Waals surface area (Å²) in [6.07, 6.45) is 0. The molecule has 0 spiro atoms. The van der Waals surface area contributed by atoms with Gasteiger partial charge in [-0.1, -0.05) is 60.7 Å². The molecule has 4 aromatic carbocycles. The van der Waals surface area contributed by atoms with Crippen LogP contribution in [0.15, 0.2) is 119 Å². The van der Waals surface area contributed by atoms with Gasteiger partial charge in [0, 0.05) is 22.4 Å². The molecule has 4 rings (SSSR count). The van der Waals surface area contributed by atoms with E-state index in [4.69, 9.17) is 0 Å². The van der Waals surface area contributed by atoms with Crippen LogP contribution in [-0.2, 0) is 20.6 Å². The van der Waals surface area contributed by atoms with E-state index in [-0.39, 0.29) is 5.69 Å². The molecule has 188 valence electrons. The lowest BCUT2D eigenvalue weighted by molar-refractivity contribution is -0.387. The lowest BCUT2D eigenvalue weighted by Gasteiger charge is -2.24. The van der Waals surface area contributed by atoms with E-state index in [1.807, 2.05) is 42.5 Å². The van der Waals surface area contributed by atoms with E-state index < -0.39 is 38.0 Å². The maximum atomic E-state index is 13.5. The van der Waals surface area contributed by atoms with Gasteiger partial charge in [-0.05, 0) is 48.0 Å². The zero-order valence-electron chi connectivity index (χ0n) is 19.6. The minimum atomic E-state index is -4.43. The van der Waals surface area contributed by atoms with Crippen molar-refractivity contribution in [3.63, 3.8) is 0 Å². The lowest BCUT2D eigenvalue weighted by Crippen LogP contribution is -2.38. The van der Waals surface area contributed by atoms with Crippen LogP contribution in [0.4, 0.5) is 17.1 Å². The predicted molar refractivity (Wildman–Crippen MR) is 145 cm³/mol. The van der Waals surface area contributed by atoms with Crippen molar-refractivity contribution in [1.82, 2.24) is 0 Å². The highest BCUT2D eigenvalue weighted by atomic mass is 32.2. The van der Waals surface area contributed by atoms with Crippen LogP contribution < -0.4 is 9.62 Å². The Morgan fingerprint density at radius 2 is 1.43 bits per heavy atom. The fourth-order valence-electron chi connectivity index (χ4n) is 3.55. The Labute approximate surface area is 219 Å². The van der Waals surface area contributed by atoms with Gasteiger partial charge in [-0.25, -0.2) is 8.42 Å². The second-order valence-electron chi connectivity index (χ2n) is 7.92. The molecule has 37 heavy (non-hydrogen) atoms. The monoisotopic (exact) mass is 533 g/mol. The zero-order chi connectivity index (χ0) is 26.3. The number of thioether (sulfide) groups is 1. The van der Waals surface area contributed by atoms with Crippen molar-refractivity contribution in [1.29, 1.82) is 0 Å². The summed E-state index contributed by atoms with van der Waals surface area (Å²) in [5.41, 5.74) is 1.23. The molecule has 0 unspecified atom stereocenters. The standard InChI is InChI=1S/C27H23N3O5S2/c31-27(28-22-17-15-21(16-18-22)20-36-24-11-5-2-6-12-24)19-29(23-9-3-1-4-10-23)37(34,35)26-14-8-7-13-25(26)30(32)33/h1-18H,19-20H2,(H,28,31). The molecule has 0 atom stereocenters. The van der Waals surface area contributed by atoms with Crippen LogP contribution in [0.2, 0.25) is 0 Å². The second-order valence-corrected chi connectivity index (χ2v) is 10.8. The van der Waals surface area contributed by atoms with E-state index in [0.717, 1.165) is 32.6 Å². The normalized spacial score (nSPS) is 11.0. The van der Waals surface area contributed by atoms with E-state index in [0.29, 0.717) is 5.69 Å². The Morgan fingerprint density at radius 3 is 2.08 bits per heavy atom. The van der Waals surface area contributed by atoms with Gasteiger partial charge in [0.1, 0.15) is 6.54 Å². The van der Waals surface area contributed by atoms with Crippen LogP contribution in [0, 0.1) is 10.1 Å². The number of nitro groups is 1. The molecule has 8 nitrogen and oxygen atoms in total. The van der Waals surface area contributed by atoms with Crippen LogP contribution in [0.1, 0.15) is 5.56 Å². The van der Waals surface area contributed by atoms with Crippen molar-refractivity contribution in [3.05, 3.63) is 125 Å². The molecule has 0 bridgehead atoms. The van der Waals surface area contributed by atoms with Gasteiger partial charge in [0.15, 0.2) is 4.90 Å². The number of carbonyl (C=O) groups excluding carboxylic acids is 1. The molecular weight excluding hydrogens is 510 g/mol. The van der Waals surface area contributed by atoms with Crippen LogP contribution >= 0.6 is 11.8 Å². The molecule has 0 saturated heterocycles. The van der Waals surface area contributed by atoms with E-state index in [2.05, 4.69) is 5.32 Å². The molecule has 0 aromatic heterocycles. The zero-order valence-corrected chi connectivity index (χ0v) is 21.2. The second kappa shape index (κ2) is 11.7. The highest BCUT2D eigenvalue weighted by Crippen LogP contribution is 2.30. The topological polar surface area (TPSA) is 110 Å². The average molecular weight is 534 g/mol. The van der Waals surface area contributed by atoms with Gasteiger partial charge in [0.05, 0.1) is 10.6 Å². The van der Waals surface area contributed by atoms with Crippen molar-refractivity contribution in [2.45, 2.75) is 15.5 Å². The smallest absolute Gasteiger partial charge is 0.289 e. The SMILES string of the molecule is O=C(CN(c1ccccc1)S(=O)(=O)c1ccccc1[N+](=O)[O-])Nc1ccc(CSc2ccccc2)cc1. The van der Waals surface area contributed by atoms with Crippen molar-refractivity contribution in [2.24, 2.45) is 0 Å². The van der Waals surface area contributed by atoms with Crippen molar-refractivity contribution in [2.75, 3.05) is 16.2 Å². The third-order valence-corrected chi connectivity index (χ3v) is 8.25. The summed E-state index contributed by atoms with van der Waals surface area (Å²) in [6, 6.07) is 30.4. The maximum Gasteiger partial charge on any atom is 0.289 e. The molecular formula is C27H23N3O5S2. The number of hydrogen-bond donors (Lipinski definition) is 1. The van der Waals surface area contributed by atoms with Crippen LogP contribution in [0.5, 0.6) is 0 Å². The van der Waals surface area contributed by atoms with Gasteiger partial charge in [-0.15, -0.1) is 11.8 Å². The molecule has 1 N–H and O–H groups in total. The number of nitrogens with one attached hydrogen (secondary N) is 1. The average Bonchev–Trinajstić information content (AvgIpc) is 2.92. The van der Waals surface area contributed by atoms with Gasteiger partial charge in [0.2, 0.25) is 5.91 Å². The summed E-state index contributed by atoms with van der Waals surface area (Å²) in [5.74, 6) is 0.172. The number of rotatable bonds is 10. The molecule has 0 saturated carbocycles. The first-order chi connectivity index (χ1) is 17.8. The highest BCUT2D eigenvalue weighted by Gasteiger charge is 2.33. The number of para-hydroxylation sites is 2. The molecule has 0 radical (unpaired) electrons. The molecule has 0 heterocycles. The molecule has 0 aliphatic carbocycles. The highest BCUT2D eigenvalue weighted by molar-refractivity contribution is 7.98. The summed E-state index contributed by atoms with van der Waals surface area (Å²) in [7, 11) is -4.43. The third kappa shape index (κ3) is 6.54. The molecule has 1 amide bonds. The fraction of sp³-hybridized carbons (Fsp3) is 0.0741. The van der Waals surface area contributed by atoms with Crippen molar-refractivity contribution >= 4 is 44.8 Å². The Kier molecular flexibility index (Phi) is 8.22. The van der Waals surface area contributed by atoms with Crippen molar-refractivity contribution < 1.29 is 18.1 Å². The minimum absolute atomic E-state index is 0.212. The number of nitro benzene ring substituents is 1. The van der Waals surface area contributed by atoms with E-state index in [1.54, 1.807) is 42.1 Å². The van der Waals surface area contributed by atoms with E-state index in [9.17, 15) is 23.3 Å². The maximum absolute atomic E-state index is 13.5. The Morgan fingerprint density at radius 1 is 0.838 bits per heavy atom.